The van der Waals surface area contributed by atoms with Crippen molar-refractivity contribution in [1.82, 2.24) is 9.88 Å². The van der Waals surface area contributed by atoms with Crippen LogP contribution in [0.25, 0.3) is 10.2 Å². The van der Waals surface area contributed by atoms with Crippen LogP contribution in [0.5, 0.6) is 28.7 Å². The van der Waals surface area contributed by atoms with Gasteiger partial charge < -0.3 is 29.0 Å². The third kappa shape index (κ3) is 5.96. The molecule has 3 aromatic rings. The first-order chi connectivity index (χ1) is 16.7. The lowest BCUT2D eigenvalue weighted by Crippen LogP contribution is -2.44. The Morgan fingerprint density at radius 2 is 1.75 bits per heavy atom. The second kappa shape index (κ2) is 12.8. The number of hydrogen-bond donors (Lipinski definition) is 1. The van der Waals surface area contributed by atoms with Gasteiger partial charge in [0.2, 0.25) is 5.75 Å². The van der Waals surface area contributed by atoms with Gasteiger partial charge >= 0.3 is 0 Å². The third-order valence-corrected chi connectivity index (χ3v) is 7.49. The summed E-state index contributed by atoms with van der Waals surface area (Å²) in [7, 11) is 4.87. The molecule has 1 unspecified atom stereocenters. The van der Waals surface area contributed by atoms with E-state index in [0.717, 1.165) is 65.9 Å². The molecular weight excluding hydrogens is 525 g/mol. The minimum atomic E-state index is 0. The number of para-hydroxylation sites is 2. The molecule has 1 atom stereocenters. The molecule has 1 aromatic heterocycles. The first-order valence-corrected chi connectivity index (χ1v) is 12.4. The Kier molecular flexibility index (Phi) is 10.0. The minimum Gasteiger partial charge on any atom is -0.493 e. The van der Waals surface area contributed by atoms with E-state index in [4.69, 9.17) is 28.7 Å². The summed E-state index contributed by atoms with van der Waals surface area (Å²) >= 11 is 1.58. The van der Waals surface area contributed by atoms with Crippen molar-refractivity contribution in [3.8, 4) is 28.7 Å². The Bertz CT molecular complexity index is 1140. The number of aromatic nitrogens is 1. The van der Waals surface area contributed by atoms with Gasteiger partial charge in [-0.15, -0.1) is 24.8 Å². The number of ether oxygens (including phenoxy) is 5. The van der Waals surface area contributed by atoms with Crippen LogP contribution < -0.4 is 29.0 Å². The lowest BCUT2D eigenvalue weighted by Gasteiger charge is -2.35. The number of piperidine rings is 1. The molecular formula is C25H33Cl2N3O5S. The molecule has 2 aromatic carbocycles. The van der Waals surface area contributed by atoms with Gasteiger partial charge in [0.05, 0.1) is 26.8 Å². The first kappa shape index (κ1) is 28.2. The van der Waals surface area contributed by atoms with Crippen LogP contribution in [-0.2, 0) is 0 Å². The number of hydrogen-bond acceptors (Lipinski definition) is 9. The lowest BCUT2D eigenvalue weighted by molar-refractivity contribution is 0.0485. The highest BCUT2D eigenvalue weighted by Gasteiger charge is 2.26. The Hall–Kier alpha value is -2.33. The summed E-state index contributed by atoms with van der Waals surface area (Å²) in [5.41, 5.74) is 0.841. The van der Waals surface area contributed by atoms with Gasteiger partial charge in [0.1, 0.15) is 17.4 Å². The van der Waals surface area contributed by atoms with E-state index < -0.39 is 0 Å². The molecule has 8 nitrogen and oxygen atoms in total. The Morgan fingerprint density at radius 1 is 1.03 bits per heavy atom. The maximum Gasteiger partial charge on any atom is 0.204 e. The quantitative estimate of drug-likeness (QED) is 0.408. The van der Waals surface area contributed by atoms with Crippen LogP contribution in [-0.4, -0.2) is 70.1 Å². The summed E-state index contributed by atoms with van der Waals surface area (Å²) in [5, 5.41) is 4.43. The van der Waals surface area contributed by atoms with E-state index in [-0.39, 0.29) is 30.9 Å². The van der Waals surface area contributed by atoms with Gasteiger partial charge in [-0.05, 0) is 44.0 Å². The van der Waals surface area contributed by atoms with Crippen LogP contribution >= 0.6 is 36.2 Å². The summed E-state index contributed by atoms with van der Waals surface area (Å²) in [4.78, 5) is 7.24. The van der Waals surface area contributed by atoms with Crippen molar-refractivity contribution in [2.24, 2.45) is 5.92 Å². The molecule has 1 fully saturated rings. The molecule has 0 aliphatic carbocycles. The number of nitrogens with one attached hydrogen (secondary N) is 1. The Morgan fingerprint density at radius 3 is 2.44 bits per heavy atom. The average molecular weight is 559 g/mol. The van der Waals surface area contributed by atoms with Crippen LogP contribution in [0.2, 0.25) is 0 Å². The van der Waals surface area contributed by atoms with E-state index in [1.165, 1.54) is 0 Å². The Labute approximate surface area is 228 Å². The number of likely N-dealkylation sites (tertiary alicyclic amines) is 1. The molecule has 0 saturated carbocycles. The van der Waals surface area contributed by atoms with E-state index in [2.05, 4.69) is 10.2 Å². The van der Waals surface area contributed by atoms with Gasteiger partial charge in [-0.1, -0.05) is 23.5 Å². The zero-order chi connectivity index (χ0) is 23.5. The SMILES string of the molecule is COc1cc2nc(NCC3CCN(CC4COc5ccccc5O4)CC3)sc2c(OC)c1OC.Cl.Cl. The molecule has 0 radical (unpaired) electrons. The van der Waals surface area contributed by atoms with Crippen molar-refractivity contribution in [2.75, 3.05) is 59.4 Å². The second-order valence-electron chi connectivity index (χ2n) is 8.64. The highest BCUT2D eigenvalue weighted by Crippen LogP contribution is 2.46. The van der Waals surface area contributed by atoms with E-state index >= 15 is 0 Å². The van der Waals surface area contributed by atoms with Crippen LogP contribution in [0.1, 0.15) is 12.8 Å². The van der Waals surface area contributed by atoms with Crippen LogP contribution in [0.3, 0.4) is 0 Å². The largest absolute Gasteiger partial charge is 0.493 e. The summed E-state index contributed by atoms with van der Waals surface area (Å²) < 4.78 is 29.5. The van der Waals surface area contributed by atoms with E-state index in [0.29, 0.717) is 29.8 Å². The van der Waals surface area contributed by atoms with Gasteiger partial charge in [0.15, 0.2) is 28.1 Å². The molecule has 0 bridgehead atoms. The van der Waals surface area contributed by atoms with E-state index in [1.807, 2.05) is 30.3 Å². The average Bonchev–Trinajstić information content (AvgIpc) is 3.29. The second-order valence-corrected chi connectivity index (χ2v) is 9.63. The van der Waals surface area contributed by atoms with Gasteiger partial charge in [-0.2, -0.15) is 0 Å². The van der Waals surface area contributed by atoms with Crippen LogP contribution in [0.4, 0.5) is 5.13 Å². The zero-order valence-corrected chi connectivity index (χ0v) is 23.1. The number of halogens is 2. The molecule has 5 rings (SSSR count). The van der Waals surface area contributed by atoms with Crippen LogP contribution in [0.15, 0.2) is 30.3 Å². The lowest BCUT2D eigenvalue weighted by atomic mass is 9.96. The fourth-order valence-corrected chi connectivity index (χ4v) is 5.62. The molecule has 198 valence electrons. The number of thiazole rings is 1. The monoisotopic (exact) mass is 557 g/mol. The van der Waals surface area contributed by atoms with Crippen molar-refractivity contribution in [3.05, 3.63) is 30.3 Å². The van der Waals surface area contributed by atoms with Gasteiger partial charge in [-0.25, -0.2) is 4.98 Å². The minimum absolute atomic E-state index is 0. The highest BCUT2D eigenvalue weighted by atomic mass is 35.5. The van der Waals surface area contributed by atoms with E-state index in [9.17, 15) is 0 Å². The molecule has 3 heterocycles. The third-order valence-electron chi connectivity index (χ3n) is 6.46. The fraction of sp³-hybridized carbons (Fsp3) is 0.480. The van der Waals surface area contributed by atoms with Crippen molar-refractivity contribution >= 4 is 51.5 Å². The highest BCUT2D eigenvalue weighted by molar-refractivity contribution is 7.22. The maximum atomic E-state index is 6.13. The predicted molar refractivity (Wildman–Crippen MR) is 148 cm³/mol. The molecule has 2 aliphatic heterocycles. The number of methoxy groups -OCH3 is 3. The summed E-state index contributed by atoms with van der Waals surface area (Å²) in [5.74, 6) is 4.17. The first-order valence-electron chi connectivity index (χ1n) is 11.6. The normalized spacial score (nSPS) is 17.6. The topological polar surface area (TPSA) is 74.3 Å². The molecule has 11 heteroatoms. The Balaban J connectivity index is 0.00000180. The number of rotatable bonds is 8. The smallest absolute Gasteiger partial charge is 0.204 e. The summed E-state index contributed by atoms with van der Waals surface area (Å²) in [6.45, 7) is 4.54. The predicted octanol–water partition coefficient (Wildman–Crippen LogP) is 5.13. The zero-order valence-electron chi connectivity index (χ0n) is 20.7. The number of nitrogens with zero attached hydrogens (tertiary/aromatic N) is 2. The molecule has 0 amide bonds. The van der Waals surface area contributed by atoms with E-state index in [1.54, 1.807) is 32.7 Å². The maximum absolute atomic E-state index is 6.13. The van der Waals surface area contributed by atoms with Crippen LogP contribution in [0, 0.1) is 5.92 Å². The molecule has 36 heavy (non-hydrogen) atoms. The number of benzene rings is 2. The van der Waals surface area contributed by atoms with Crippen molar-refractivity contribution in [1.29, 1.82) is 0 Å². The van der Waals surface area contributed by atoms with Gasteiger partial charge in [-0.3, -0.25) is 4.90 Å². The standard InChI is InChI=1S/C25H31N3O5S.2ClH/c1-29-21-12-18-24(23(31-3)22(21)30-2)34-25(27-18)26-13-16-8-10-28(11-9-16)14-17-15-32-19-6-4-5-7-20(19)33-17;;/h4-7,12,16-17H,8-11,13-15H2,1-3H3,(H,26,27);2*1H. The molecule has 1 N–H and O–H groups in total. The summed E-state index contributed by atoms with van der Waals surface area (Å²) in [6, 6.07) is 9.78. The number of anilines is 1. The summed E-state index contributed by atoms with van der Waals surface area (Å²) in [6.07, 6.45) is 2.37. The van der Waals surface area contributed by atoms with Crippen molar-refractivity contribution in [2.45, 2.75) is 18.9 Å². The molecule has 2 aliphatic rings. The molecule has 1 saturated heterocycles. The number of fused-ring (bicyclic) bond motifs is 2. The van der Waals surface area contributed by atoms with Gasteiger partial charge in [0.25, 0.3) is 0 Å². The molecule has 0 spiro atoms. The van der Waals surface area contributed by atoms with Crippen molar-refractivity contribution < 1.29 is 23.7 Å². The van der Waals surface area contributed by atoms with Crippen molar-refractivity contribution in [3.63, 3.8) is 0 Å². The van der Waals surface area contributed by atoms with Gasteiger partial charge in [0, 0.05) is 19.2 Å². The fourth-order valence-electron chi connectivity index (χ4n) is 4.65.